The fraction of sp³-hybridized carbons (Fsp3) is 0.562. The van der Waals surface area contributed by atoms with Crippen LogP contribution >= 0.6 is 23.2 Å². The zero-order chi connectivity index (χ0) is 14.3. The van der Waals surface area contributed by atoms with Gasteiger partial charge in [0.25, 0.3) is 5.91 Å². The fourth-order valence-electron chi connectivity index (χ4n) is 3.94. The van der Waals surface area contributed by atoms with E-state index in [0.29, 0.717) is 21.5 Å². The van der Waals surface area contributed by atoms with Crippen molar-refractivity contribution in [1.82, 2.24) is 5.32 Å². The van der Waals surface area contributed by atoms with E-state index in [1.807, 2.05) is 0 Å². The van der Waals surface area contributed by atoms with Crippen molar-refractivity contribution >= 4 is 29.1 Å². The number of halogens is 2. The van der Waals surface area contributed by atoms with Crippen molar-refractivity contribution in [3.05, 3.63) is 33.8 Å². The maximum Gasteiger partial charge on any atom is 0.251 e. The molecular formula is C16H19Cl2NO. The molecule has 2 nitrogen and oxygen atoms in total. The van der Waals surface area contributed by atoms with E-state index in [-0.39, 0.29) is 11.9 Å². The van der Waals surface area contributed by atoms with Gasteiger partial charge in [0, 0.05) is 11.6 Å². The Morgan fingerprint density at radius 2 is 2.05 bits per heavy atom. The normalized spacial score (nSPS) is 29.4. The van der Waals surface area contributed by atoms with Crippen LogP contribution in [-0.2, 0) is 0 Å². The third-order valence-corrected chi connectivity index (χ3v) is 5.71. The summed E-state index contributed by atoms with van der Waals surface area (Å²) in [5.41, 5.74) is 0.578. The predicted molar refractivity (Wildman–Crippen MR) is 82.3 cm³/mol. The van der Waals surface area contributed by atoms with Crippen LogP contribution in [0.5, 0.6) is 0 Å². The van der Waals surface area contributed by atoms with Gasteiger partial charge in [0.2, 0.25) is 0 Å². The Labute approximate surface area is 129 Å². The van der Waals surface area contributed by atoms with Crippen molar-refractivity contribution in [2.45, 2.75) is 38.6 Å². The summed E-state index contributed by atoms with van der Waals surface area (Å²) in [6.45, 7) is 2.13. The van der Waals surface area contributed by atoms with Crippen LogP contribution in [0.2, 0.25) is 10.0 Å². The Morgan fingerprint density at radius 1 is 1.25 bits per heavy atom. The van der Waals surface area contributed by atoms with Gasteiger partial charge < -0.3 is 5.32 Å². The molecule has 1 N–H and O–H groups in total. The van der Waals surface area contributed by atoms with E-state index in [9.17, 15) is 4.79 Å². The first kappa shape index (κ1) is 14.2. The minimum Gasteiger partial charge on any atom is -0.349 e. The van der Waals surface area contributed by atoms with Crippen molar-refractivity contribution < 1.29 is 4.79 Å². The number of fused-ring (bicyclic) bond motifs is 2. The van der Waals surface area contributed by atoms with Gasteiger partial charge in [-0.25, -0.2) is 0 Å². The summed E-state index contributed by atoms with van der Waals surface area (Å²) < 4.78 is 0. The highest BCUT2D eigenvalue weighted by atomic mass is 35.5. The van der Waals surface area contributed by atoms with Crippen molar-refractivity contribution in [2.24, 2.45) is 17.8 Å². The van der Waals surface area contributed by atoms with Crippen molar-refractivity contribution in [1.29, 1.82) is 0 Å². The second-order valence-corrected chi connectivity index (χ2v) is 7.04. The number of carbonyl (C=O) groups is 1. The van der Waals surface area contributed by atoms with Crippen molar-refractivity contribution in [2.75, 3.05) is 0 Å². The Kier molecular flexibility index (Phi) is 3.96. The summed E-state index contributed by atoms with van der Waals surface area (Å²) in [6, 6.07) is 5.25. The Hall–Kier alpha value is -0.730. The van der Waals surface area contributed by atoms with Gasteiger partial charge in [-0.2, -0.15) is 0 Å². The van der Waals surface area contributed by atoms with Gasteiger partial charge in [-0.3, -0.25) is 4.79 Å². The average Bonchev–Trinajstić information content (AvgIpc) is 3.04. The first-order valence-electron chi connectivity index (χ1n) is 7.30. The number of hydrogen-bond acceptors (Lipinski definition) is 1. The Morgan fingerprint density at radius 3 is 2.65 bits per heavy atom. The summed E-state index contributed by atoms with van der Waals surface area (Å²) in [6.07, 6.45) is 5.35. The lowest BCUT2D eigenvalue weighted by molar-refractivity contribution is 0.0915. The quantitative estimate of drug-likeness (QED) is 0.872. The van der Waals surface area contributed by atoms with E-state index in [0.717, 1.165) is 11.8 Å². The van der Waals surface area contributed by atoms with Gasteiger partial charge in [-0.05, 0) is 62.1 Å². The van der Waals surface area contributed by atoms with Crippen LogP contribution in [0.25, 0.3) is 0 Å². The maximum absolute atomic E-state index is 12.3. The Bertz CT molecular complexity index is 531. The zero-order valence-electron chi connectivity index (χ0n) is 11.5. The first-order valence-corrected chi connectivity index (χ1v) is 8.06. The lowest BCUT2D eigenvalue weighted by atomic mass is 9.84. The van der Waals surface area contributed by atoms with Gasteiger partial charge in [0.15, 0.2) is 0 Å². The number of hydrogen-bond donors (Lipinski definition) is 1. The van der Waals surface area contributed by atoms with Crippen LogP contribution in [0.15, 0.2) is 18.2 Å². The third-order valence-electron chi connectivity index (χ3n) is 4.98. The van der Waals surface area contributed by atoms with Crippen LogP contribution in [0.1, 0.15) is 43.0 Å². The molecule has 2 aliphatic rings. The van der Waals surface area contributed by atoms with Gasteiger partial charge in [-0.15, -0.1) is 0 Å². The summed E-state index contributed by atoms with van der Waals surface area (Å²) in [7, 11) is 0. The second kappa shape index (κ2) is 5.57. The maximum atomic E-state index is 12.3. The molecule has 0 radical (unpaired) electrons. The van der Waals surface area contributed by atoms with Gasteiger partial charge in [0.05, 0.1) is 10.0 Å². The molecule has 3 rings (SSSR count). The number of amides is 1. The zero-order valence-corrected chi connectivity index (χ0v) is 13.0. The lowest BCUT2D eigenvalue weighted by Crippen LogP contribution is -2.40. The highest BCUT2D eigenvalue weighted by molar-refractivity contribution is 6.42. The second-order valence-electron chi connectivity index (χ2n) is 6.23. The molecule has 4 heteroatoms. The SMILES string of the molecule is C[C@H](NC(=O)c1ccc(Cl)c(Cl)c1)[C@H]1C[C@@H]2CC[C@@H]1C2. The van der Waals surface area contributed by atoms with E-state index in [1.165, 1.54) is 25.7 Å². The molecule has 2 fully saturated rings. The molecule has 0 unspecified atom stereocenters. The first-order chi connectivity index (χ1) is 9.54. The minimum absolute atomic E-state index is 0.0566. The fourth-order valence-corrected chi connectivity index (χ4v) is 4.24. The minimum atomic E-state index is -0.0566. The van der Waals surface area contributed by atoms with Crippen LogP contribution in [-0.4, -0.2) is 11.9 Å². The molecule has 1 aromatic carbocycles. The molecule has 0 heterocycles. The van der Waals surface area contributed by atoms with Crippen LogP contribution < -0.4 is 5.32 Å². The number of benzene rings is 1. The summed E-state index contributed by atoms with van der Waals surface area (Å²) >= 11 is 11.8. The van der Waals surface area contributed by atoms with E-state index < -0.39 is 0 Å². The van der Waals surface area contributed by atoms with E-state index in [4.69, 9.17) is 23.2 Å². The molecule has 0 aromatic heterocycles. The standard InChI is InChI=1S/C16H19Cl2NO/c1-9(13-7-10-2-3-11(13)6-10)19-16(20)12-4-5-14(17)15(18)8-12/h4-5,8-11,13H,2-3,6-7H2,1H3,(H,19,20)/t9-,10+,11+,13+/m0/s1. The van der Waals surface area contributed by atoms with Crippen molar-refractivity contribution in [3.63, 3.8) is 0 Å². The number of rotatable bonds is 3. The molecule has 4 atom stereocenters. The van der Waals surface area contributed by atoms with Crippen LogP contribution in [0, 0.1) is 17.8 Å². The van der Waals surface area contributed by atoms with E-state index in [1.54, 1.807) is 18.2 Å². The molecule has 0 spiro atoms. The Balaban J connectivity index is 1.65. The van der Waals surface area contributed by atoms with Gasteiger partial charge in [0.1, 0.15) is 0 Å². The molecule has 0 saturated heterocycles. The number of carbonyl (C=O) groups excluding carboxylic acids is 1. The van der Waals surface area contributed by atoms with Crippen LogP contribution in [0.4, 0.5) is 0 Å². The smallest absolute Gasteiger partial charge is 0.251 e. The monoisotopic (exact) mass is 311 g/mol. The molecular weight excluding hydrogens is 293 g/mol. The van der Waals surface area contributed by atoms with Crippen LogP contribution in [0.3, 0.4) is 0 Å². The summed E-state index contributed by atoms with van der Waals surface area (Å²) in [5.74, 6) is 2.29. The van der Waals surface area contributed by atoms with Gasteiger partial charge >= 0.3 is 0 Å². The summed E-state index contributed by atoms with van der Waals surface area (Å²) in [5, 5.41) is 4.03. The van der Waals surface area contributed by atoms with Crippen molar-refractivity contribution in [3.8, 4) is 0 Å². The molecule has 1 aromatic rings. The molecule has 108 valence electrons. The van der Waals surface area contributed by atoms with E-state index in [2.05, 4.69) is 12.2 Å². The molecule has 2 aliphatic carbocycles. The number of nitrogens with one attached hydrogen (secondary N) is 1. The third kappa shape index (κ3) is 2.68. The van der Waals surface area contributed by atoms with E-state index >= 15 is 0 Å². The largest absolute Gasteiger partial charge is 0.349 e. The summed E-state index contributed by atoms with van der Waals surface area (Å²) in [4.78, 5) is 12.3. The highest BCUT2D eigenvalue weighted by Gasteiger charge is 2.42. The lowest BCUT2D eigenvalue weighted by Gasteiger charge is -2.28. The predicted octanol–water partition coefficient (Wildman–Crippen LogP) is 4.55. The van der Waals surface area contributed by atoms with Gasteiger partial charge in [-0.1, -0.05) is 29.6 Å². The topological polar surface area (TPSA) is 29.1 Å². The molecule has 2 bridgehead atoms. The molecule has 20 heavy (non-hydrogen) atoms. The highest BCUT2D eigenvalue weighted by Crippen LogP contribution is 2.49. The molecule has 2 saturated carbocycles. The molecule has 0 aliphatic heterocycles. The average molecular weight is 312 g/mol. The molecule has 1 amide bonds.